The van der Waals surface area contributed by atoms with Crippen LogP contribution >= 0.6 is 0 Å². The van der Waals surface area contributed by atoms with Crippen LogP contribution in [0, 0.1) is 5.92 Å². The zero-order valence-electron chi connectivity index (χ0n) is 21.2. The van der Waals surface area contributed by atoms with Crippen LogP contribution in [0.25, 0.3) is 11.4 Å². The molecule has 5 rings (SSSR count). The van der Waals surface area contributed by atoms with Gasteiger partial charge in [0, 0.05) is 30.3 Å². The van der Waals surface area contributed by atoms with Crippen LogP contribution in [-0.4, -0.2) is 80.2 Å². The molecule has 2 aliphatic heterocycles. The molecule has 0 unspecified atom stereocenters. The number of nitrogens with zero attached hydrogens (tertiary/aromatic N) is 4. The standard InChI is InChI=1S/C26H31N5O6S/c1-35-22-8-7-21(17-23(22)38(33,34)31-13-15-36-16-14-31)27-26(32)20-9-11-30(12-10-20)18-24-28-25(29-37-24)19-5-3-2-4-6-19/h2-8,17,20H,9-16,18H2,1H3,(H,27,32). The predicted octanol–water partition coefficient (Wildman–Crippen LogP) is 2.62. The molecule has 2 aliphatic rings. The Morgan fingerprint density at radius 1 is 1.08 bits per heavy atom. The lowest BCUT2D eigenvalue weighted by Gasteiger charge is -2.30. The van der Waals surface area contributed by atoms with Gasteiger partial charge in [0.2, 0.25) is 27.6 Å². The average molecular weight is 542 g/mol. The van der Waals surface area contributed by atoms with Crippen molar-refractivity contribution in [3.63, 3.8) is 0 Å². The second kappa shape index (κ2) is 11.6. The van der Waals surface area contributed by atoms with Crippen molar-refractivity contribution in [1.29, 1.82) is 0 Å². The Bertz CT molecular complexity index is 1350. The zero-order valence-corrected chi connectivity index (χ0v) is 22.0. The monoisotopic (exact) mass is 541 g/mol. The maximum atomic E-state index is 13.2. The Morgan fingerprint density at radius 2 is 1.82 bits per heavy atom. The van der Waals surface area contributed by atoms with Crippen LogP contribution in [0.5, 0.6) is 5.75 Å². The van der Waals surface area contributed by atoms with Crippen molar-refractivity contribution in [2.45, 2.75) is 24.3 Å². The summed E-state index contributed by atoms with van der Waals surface area (Å²) in [5.41, 5.74) is 1.32. The van der Waals surface area contributed by atoms with E-state index in [0.29, 0.717) is 63.1 Å². The number of carbonyl (C=O) groups is 1. The largest absolute Gasteiger partial charge is 0.495 e. The molecule has 0 saturated carbocycles. The van der Waals surface area contributed by atoms with Gasteiger partial charge in [-0.1, -0.05) is 35.5 Å². The van der Waals surface area contributed by atoms with Crippen LogP contribution in [-0.2, 0) is 26.1 Å². The Morgan fingerprint density at radius 3 is 2.53 bits per heavy atom. The third kappa shape index (κ3) is 5.88. The van der Waals surface area contributed by atoms with Crippen LogP contribution in [0.1, 0.15) is 18.7 Å². The summed E-state index contributed by atoms with van der Waals surface area (Å²) in [6.07, 6.45) is 1.33. The summed E-state index contributed by atoms with van der Waals surface area (Å²) in [4.78, 5) is 19.7. The summed E-state index contributed by atoms with van der Waals surface area (Å²) in [5, 5.41) is 6.97. The molecule has 38 heavy (non-hydrogen) atoms. The lowest BCUT2D eigenvalue weighted by atomic mass is 9.96. The third-order valence-electron chi connectivity index (χ3n) is 6.84. The van der Waals surface area contributed by atoms with Crippen LogP contribution in [0.2, 0.25) is 0 Å². The van der Waals surface area contributed by atoms with Crippen molar-refractivity contribution in [2.24, 2.45) is 5.92 Å². The molecule has 1 N–H and O–H groups in total. The van der Waals surface area contributed by atoms with E-state index in [9.17, 15) is 13.2 Å². The van der Waals surface area contributed by atoms with Crippen molar-refractivity contribution >= 4 is 21.6 Å². The van der Waals surface area contributed by atoms with E-state index in [2.05, 4.69) is 20.4 Å². The molecule has 0 spiro atoms. The maximum absolute atomic E-state index is 13.2. The number of aromatic nitrogens is 2. The van der Waals surface area contributed by atoms with E-state index in [1.54, 1.807) is 12.1 Å². The molecule has 2 fully saturated rings. The molecule has 12 heteroatoms. The minimum atomic E-state index is -3.79. The topological polar surface area (TPSA) is 127 Å². The van der Waals surface area contributed by atoms with Crippen LogP contribution in [0.15, 0.2) is 57.9 Å². The molecular weight excluding hydrogens is 510 g/mol. The number of rotatable bonds is 8. The Hall–Kier alpha value is -3.32. The summed E-state index contributed by atoms with van der Waals surface area (Å²) >= 11 is 0. The summed E-state index contributed by atoms with van der Waals surface area (Å²) in [5.74, 6) is 1.02. The number of piperidine rings is 1. The number of methoxy groups -OCH3 is 1. The van der Waals surface area contributed by atoms with E-state index in [-0.39, 0.29) is 35.6 Å². The van der Waals surface area contributed by atoms with E-state index in [1.165, 1.54) is 17.5 Å². The van der Waals surface area contributed by atoms with Crippen molar-refractivity contribution in [3.05, 3.63) is 54.4 Å². The van der Waals surface area contributed by atoms with Gasteiger partial charge in [-0.25, -0.2) is 8.42 Å². The fraction of sp³-hybridized carbons (Fsp3) is 0.423. The van der Waals surface area contributed by atoms with E-state index >= 15 is 0 Å². The molecule has 11 nitrogen and oxygen atoms in total. The van der Waals surface area contributed by atoms with Gasteiger partial charge in [0.1, 0.15) is 10.6 Å². The molecule has 1 aromatic heterocycles. The normalized spacial score (nSPS) is 17.8. The van der Waals surface area contributed by atoms with Gasteiger partial charge < -0.3 is 19.3 Å². The van der Waals surface area contributed by atoms with Gasteiger partial charge in [-0.05, 0) is 44.1 Å². The van der Waals surface area contributed by atoms with Crippen molar-refractivity contribution in [1.82, 2.24) is 19.3 Å². The molecule has 202 valence electrons. The van der Waals surface area contributed by atoms with E-state index in [1.807, 2.05) is 30.3 Å². The van der Waals surface area contributed by atoms with Gasteiger partial charge in [0.05, 0.1) is 26.9 Å². The highest BCUT2D eigenvalue weighted by Gasteiger charge is 2.31. The lowest BCUT2D eigenvalue weighted by molar-refractivity contribution is -0.121. The molecular formula is C26H31N5O6S. The smallest absolute Gasteiger partial charge is 0.246 e. The Kier molecular flexibility index (Phi) is 8.03. The van der Waals surface area contributed by atoms with Crippen molar-refractivity contribution in [2.75, 3.05) is 51.8 Å². The number of sulfonamides is 1. The van der Waals surface area contributed by atoms with E-state index in [0.717, 1.165) is 5.56 Å². The number of hydrogen-bond donors (Lipinski definition) is 1. The molecule has 0 atom stereocenters. The molecule has 2 aromatic carbocycles. The van der Waals surface area contributed by atoms with E-state index < -0.39 is 10.0 Å². The minimum absolute atomic E-state index is 0.0314. The van der Waals surface area contributed by atoms with Gasteiger partial charge in [-0.3, -0.25) is 9.69 Å². The summed E-state index contributed by atoms with van der Waals surface area (Å²) in [7, 11) is -2.36. The SMILES string of the molecule is COc1ccc(NC(=O)C2CCN(Cc3nc(-c4ccccc4)no3)CC2)cc1S(=O)(=O)N1CCOCC1. The van der Waals surface area contributed by atoms with Gasteiger partial charge in [-0.2, -0.15) is 9.29 Å². The molecule has 0 radical (unpaired) electrons. The first-order valence-electron chi connectivity index (χ1n) is 12.6. The number of benzene rings is 2. The fourth-order valence-electron chi connectivity index (χ4n) is 4.69. The number of anilines is 1. The van der Waals surface area contributed by atoms with Crippen molar-refractivity contribution < 1.29 is 27.2 Å². The molecule has 3 heterocycles. The molecule has 1 amide bonds. The van der Waals surface area contributed by atoms with E-state index in [4.69, 9.17) is 14.0 Å². The first kappa shape index (κ1) is 26.3. The number of likely N-dealkylation sites (tertiary alicyclic amines) is 1. The first-order chi connectivity index (χ1) is 18.4. The second-order valence-corrected chi connectivity index (χ2v) is 11.2. The predicted molar refractivity (Wildman–Crippen MR) is 139 cm³/mol. The number of nitrogens with one attached hydrogen (secondary N) is 1. The second-order valence-electron chi connectivity index (χ2n) is 9.30. The number of amides is 1. The summed E-state index contributed by atoms with van der Waals surface area (Å²) in [6, 6.07) is 14.4. The number of hydrogen-bond acceptors (Lipinski definition) is 9. The highest BCUT2D eigenvalue weighted by molar-refractivity contribution is 7.89. The van der Waals surface area contributed by atoms with Gasteiger partial charge in [-0.15, -0.1) is 0 Å². The molecule has 3 aromatic rings. The summed E-state index contributed by atoms with van der Waals surface area (Å²) < 4.78 is 43.9. The number of ether oxygens (including phenoxy) is 2. The number of morpholine rings is 1. The summed E-state index contributed by atoms with van der Waals surface area (Å²) in [6.45, 7) is 3.18. The highest BCUT2D eigenvalue weighted by atomic mass is 32.2. The Balaban J connectivity index is 1.18. The van der Waals surface area contributed by atoms with Crippen LogP contribution < -0.4 is 10.1 Å². The van der Waals surface area contributed by atoms with Gasteiger partial charge in [0.15, 0.2) is 0 Å². The lowest BCUT2D eigenvalue weighted by Crippen LogP contribution is -2.40. The van der Waals surface area contributed by atoms with Crippen LogP contribution in [0.3, 0.4) is 0 Å². The van der Waals surface area contributed by atoms with Gasteiger partial charge in [0.25, 0.3) is 0 Å². The molecule has 2 saturated heterocycles. The molecule has 0 bridgehead atoms. The fourth-order valence-corrected chi connectivity index (χ4v) is 6.28. The minimum Gasteiger partial charge on any atom is -0.495 e. The third-order valence-corrected chi connectivity index (χ3v) is 8.76. The highest BCUT2D eigenvalue weighted by Crippen LogP contribution is 2.31. The first-order valence-corrected chi connectivity index (χ1v) is 14.1. The van der Waals surface area contributed by atoms with Gasteiger partial charge >= 0.3 is 0 Å². The maximum Gasteiger partial charge on any atom is 0.246 e. The molecule has 0 aliphatic carbocycles. The quantitative estimate of drug-likeness (QED) is 0.458. The van der Waals surface area contributed by atoms with Crippen LogP contribution in [0.4, 0.5) is 5.69 Å². The van der Waals surface area contributed by atoms with Crippen molar-refractivity contribution in [3.8, 4) is 17.1 Å². The zero-order chi connectivity index (χ0) is 26.5. The Labute approximate surface area is 221 Å². The number of carbonyl (C=O) groups excluding carboxylic acids is 1. The average Bonchev–Trinajstić information content (AvgIpc) is 3.43.